The van der Waals surface area contributed by atoms with E-state index >= 15 is 0 Å². The minimum atomic E-state index is -0.355. The van der Waals surface area contributed by atoms with Crippen molar-refractivity contribution in [2.24, 2.45) is 11.8 Å². The van der Waals surface area contributed by atoms with Gasteiger partial charge in [0.1, 0.15) is 11.6 Å². The average molecular weight is 458 g/mol. The summed E-state index contributed by atoms with van der Waals surface area (Å²) < 4.78 is 19.1. The molecule has 0 bridgehead atoms. The summed E-state index contributed by atoms with van der Waals surface area (Å²) in [6, 6.07) is 9.59. The Balaban J connectivity index is 1.43. The molecule has 2 aromatic rings. The molecule has 2 fully saturated rings. The second kappa shape index (κ2) is 9.20. The van der Waals surface area contributed by atoms with E-state index in [9.17, 15) is 14.0 Å². The Morgan fingerprint density at radius 1 is 1.19 bits per heavy atom. The third kappa shape index (κ3) is 4.43. The summed E-state index contributed by atoms with van der Waals surface area (Å²) in [6.45, 7) is 6.23. The van der Waals surface area contributed by atoms with E-state index in [4.69, 9.17) is 16.3 Å². The molecule has 32 heavy (non-hydrogen) atoms. The lowest BCUT2D eigenvalue weighted by atomic mass is 10.0. The van der Waals surface area contributed by atoms with Gasteiger partial charge in [-0.1, -0.05) is 30.3 Å². The summed E-state index contributed by atoms with van der Waals surface area (Å²) in [5, 5.41) is 3.57. The molecule has 8 heteroatoms. The van der Waals surface area contributed by atoms with Crippen LogP contribution in [0.5, 0.6) is 5.75 Å². The van der Waals surface area contributed by atoms with Crippen LogP contribution in [-0.4, -0.2) is 61.4 Å². The van der Waals surface area contributed by atoms with Crippen molar-refractivity contribution in [2.45, 2.75) is 0 Å². The van der Waals surface area contributed by atoms with Crippen LogP contribution < -0.4 is 10.1 Å². The monoisotopic (exact) mass is 457 g/mol. The van der Waals surface area contributed by atoms with Crippen LogP contribution in [0.1, 0.15) is 0 Å². The zero-order valence-electron chi connectivity index (χ0n) is 17.8. The third-order valence-electron chi connectivity index (χ3n) is 6.18. The minimum Gasteiger partial charge on any atom is -0.495 e. The quantitative estimate of drug-likeness (QED) is 0.672. The van der Waals surface area contributed by atoms with Gasteiger partial charge in [-0.2, -0.15) is 0 Å². The molecular formula is C24H25ClFN3O3. The van der Waals surface area contributed by atoms with Crippen molar-refractivity contribution in [1.29, 1.82) is 0 Å². The van der Waals surface area contributed by atoms with Crippen LogP contribution in [0.25, 0.3) is 11.1 Å². The predicted molar refractivity (Wildman–Crippen MR) is 122 cm³/mol. The number of nitrogens with zero attached hydrogens (tertiary/aromatic N) is 2. The van der Waals surface area contributed by atoms with Crippen LogP contribution >= 0.6 is 11.6 Å². The molecule has 0 aromatic heterocycles. The van der Waals surface area contributed by atoms with Crippen LogP contribution in [0.3, 0.4) is 0 Å². The van der Waals surface area contributed by atoms with Crippen LogP contribution in [0.2, 0.25) is 5.02 Å². The maximum atomic E-state index is 13.7. The second-order valence-corrected chi connectivity index (χ2v) is 8.57. The van der Waals surface area contributed by atoms with Gasteiger partial charge >= 0.3 is 0 Å². The first-order valence-electron chi connectivity index (χ1n) is 10.5. The molecule has 2 aliphatic heterocycles. The van der Waals surface area contributed by atoms with Gasteiger partial charge in [0.05, 0.1) is 24.4 Å². The Kier molecular flexibility index (Phi) is 6.37. The van der Waals surface area contributed by atoms with Crippen LogP contribution in [0.4, 0.5) is 10.1 Å². The smallest absolute Gasteiger partial charge is 0.245 e. The topological polar surface area (TPSA) is 61.9 Å². The molecule has 0 saturated carbocycles. The van der Waals surface area contributed by atoms with Crippen molar-refractivity contribution < 1.29 is 18.7 Å². The molecule has 2 atom stereocenters. The Bertz CT molecular complexity index is 1050. The van der Waals surface area contributed by atoms with Gasteiger partial charge in [0, 0.05) is 49.6 Å². The lowest BCUT2D eigenvalue weighted by Crippen LogP contribution is -2.37. The molecule has 2 heterocycles. The number of fused-ring (bicyclic) bond motifs is 1. The summed E-state index contributed by atoms with van der Waals surface area (Å²) in [5.74, 6) is 0.667. The maximum Gasteiger partial charge on any atom is 0.245 e. The van der Waals surface area contributed by atoms with Crippen molar-refractivity contribution >= 4 is 29.1 Å². The molecular weight excluding hydrogens is 433 g/mol. The van der Waals surface area contributed by atoms with E-state index in [0.717, 1.165) is 0 Å². The van der Waals surface area contributed by atoms with Gasteiger partial charge in [-0.05, 0) is 29.8 Å². The number of anilines is 1. The average Bonchev–Trinajstić information content (AvgIpc) is 3.36. The number of methoxy groups -OCH3 is 1. The third-order valence-corrected chi connectivity index (χ3v) is 6.49. The molecule has 168 valence electrons. The maximum absolute atomic E-state index is 13.7. The van der Waals surface area contributed by atoms with Crippen LogP contribution in [-0.2, 0) is 9.59 Å². The molecule has 2 aromatic carbocycles. The van der Waals surface area contributed by atoms with Gasteiger partial charge in [-0.25, -0.2) is 4.39 Å². The number of carbonyl (C=O) groups is 2. The fraction of sp³-hybridized carbons (Fsp3) is 0.333. The standard InChI is InChI=1S/C24H25ClFN3O3/c1-3-23(30)28-11-16-13-29(14-17(16)12-28)24(31)10-27-21-8-19(20(25)9-22(21)32-2)15-5-4-6-18(26)7-15/h3-9,16-17,27H,1,10-14H2,2H3. The summed E-state index contributed by atoms with van der Waals surface area (Å²) in [6.07, 6.45) is 1.34. The summed E-state index contributed by atoms with van der Waals surface area (Å²) in [7, 11) is 1.53. The van der Waals surface area contributed by atoms with Crippen LogP contribution in [0, 0.1) is 17.7 Å². The Labute approximate surface area is 191 Å². The van der Waals surface area contributed by atoms with E-state index in [2.05, 4.69) is 11.9 Å². The number of hydrogen-bond acceptors (Lipinski definition) is 4. The van der Waals surface area contributed by atoms with Crippen molar-refractivity contribution in [3.8, 4) is 16.9 Å². The SMILES string of the molecule is C=CC(=O)N1CC2CN(C(=O)CNc3cc(-c4cccc(F)c4)c(Cl)cc3OC)CC2C1. The molecule has 2 saturated heterocycles. The first kappa shape index (κ1) is 22.1. The molecule has 1 N–H and O–H groups in total. The second-order valence-electron chi connectivity index (χ2n) is 8.16. The van der Waals surface area contributed by atoms with Gasteiger partial charge in [-0.3, -0.25) is 9.59 Å². The fourth-order valence-corrected chi connectivity index (χ4v) is 4.79. The zero-order valence-corrected chi connectivity index (χ0v) is 18.6. The number of likely N-dealkylation sites (tertiary alicyclic amines) is 2. The molecule has 0 spiro atoms. The van der Waals surface area contributed by atoms with E-state index in [1.54, 1.807) is 29.2 Å². The van der Waals surface area contributed by atoms with Gasteiger partial charge < -0.3 is 19.9 Å². The van der Waals surface area contributed by atoms with Gasteiger partial charge in [0.15, 0.2) is 0 Å². The number of rotatable bonds is 6. The van der Waals surface area contributed by atoms with Crippen molar-refractivity contribution in [1.82, 2.24) is 9.80 Å². The number of carbonyl (C=O) groups excluding carboxylic acids is 2. The lowest BCUT2D eigenvalue weighted by molar-refractivity contribution is -0.128. The highest BCUT2D eigenvalue weighted by atomic mass is 35.5. The molecule has 4 rings (SSSR count). The lowest BCUT2D eigenvalue weighted by Gasteiger charge is -2.22. The van der Waals surface area contributed by atoms with Gasteiger partial charge in [0.25, 0.3) is 0 Å². The predicted octanol–water partition coefficient (Wildman–Crippen LogP) is 3.67. The first-order chi connectivity index (χ1) is 15.4. The molecule has 6 nitrogen and oxygen atoms in total. The highest BCUT2D eigenvalue weighted by Crippen LogP contribution is 2.37. The first-order valence-corrected chi connectivity index (χ1v) is 10.8. The highest BCUT2D eigenvalue weighted by Gasteiger charge is 2.42. The largest absolute Gasteiger partial charge is 0.495 e. The number of amides is 2. The number of hydrogen-bond donors (Lipinski definition) is 1. The highest BCUT2D eigenvalue weighted by molar-refractivity contribution is 6.33. The van der Waals surface area contributed by atoms with Gasteiger partial charge in [-0.15, -0.1) is 0 Å². The van der Waals surface area contributed by atoms with Crippen molar-refractivity contribution in [2.75, 3.05) is 45.2 Å². The fourth-order valence-electron chi connectivity index (χ4n) is 4.53. The Morgan fingerprint density at radius 3 is 2.50 bits per heavy atom. The zero-order chi connectivity index (χ0) is 22.8. The number of nitrogens with one attached hydrogen (secondary N) is 1. The normalized spacial score (nSPS) is 19.6. The summed E-state index contributed by atoms with van der Waals surface area (Å²) in [4.78, 5) is 28.3. The van der Waals surface area contributed by atoms with Crippen LogP contribution in [0.15, 0.2) is 49.1 Å². The van der Waals surface area contributed by atoms with E-state index < -0.39 is 0 Å². The summed E-state index contributed by atoms with van der Waals surface area (Å²) >= 11 is 6.39. The minimum absolute atomic E-state index is 0.0229. The number of ether oxygens (including phenoxy) is 1. The molecule has 2 amide bonds. The Morgan fingerprint density at radius 2 is 1.88 bits per heavy atom. The molecule has 0 radical (unpaired) electrons. The van der Waals surface area contributed by atoms with Gasteiger partial charge in [0.2, 0.25) is 11.8 Å². The summed E-state index contributed by atoms with van der Waals surface area (Å²) in [5.41, 5.74) is 1.88. The molecule has 2 aliphatic rings. The van der Waals surface area contributed by atoms with E-state index in [-0.39, 0.29) is 24.2 Å². The Hall–Kier alpha value is -3.06. The van der Waals surface area contributed by atoms with Crippen molar-refractivity contribution in [3.63, 3.8) is 0 Å². The number of benzene rings is 2. The molecule has 0 aliphatic carbocycles. The van der Waals surface area contributed by atoms with E-state index in [0.29, 0.717) is 65.6 Å². The van der Waals surface area contributed by atoms with E-state index in [1.807, 2.05) is 4.90 Å². The van der Waals surface area contributed by atoms with E-state index in [1.165, 1.54) is 25.3 Å². The number of halogens is 2. The molecule has 2 unspecified atom stereocenters. The van der Waals surface area contributed by atoms with Crippen molar-refractivity contribution in [3.05, 3.63) is 59.9 Å².